The van der Waals surface area contributed by atoms with Crippen LogP contribution >= 0.6 is 0 Å². The third-order valence-electron chi connectivity index (χ3n) is 4.03. The largest absolute Gasteiger partial charge is 0.372 e. The SMILES string of the molecule is Cc1ccc(N(C)CC(N)(C(N)=O)C2CC2)c(C)c1. The Morgan fingerprint density at radius 3 is 2.53 bits per heavy atom. The summed E-state index contributed by atoms with van der Waals surface area (Å²) in [5.74, 6) is -0.162. The molecule has 1 fully saturated rings. The molecule has 1 amide bonds. The van der Waals surface area contributed by atoms with E-state index in [1.165, 1.54) is 11.1 Å². The minimum Gasteiger partial charge on any atom is -0.372 e. The molecule has 104 valence electrons. The van der Waals surface area contributed by atoms with Gasteiger partial charge in [0, 0.05) is 19.3 Å². The van der Waals surface area contributed by atoms with E-state index in [9.17, 15) is 4.79 Å². The van der Waals surface area contributed by atoms with Crippen LogP contribution in [0.2, 0.25) is 0 Å². The fourth-order valence-electron chi connectivity index (χ4n) is 2.72. The first-order valence-corrected chi connectivity index (χ1v) is 6.72. The lowest BCUT2D eigenvalue weighted by Gasteiger charge is -2.33. The standard InChI is InChI=1S/C15H23N3O/c1-10-4-7-13(11(2)8-10)18(3)9-15(17,14(16)19)12-5-6-12/h4,7-8,12H,5-6,9,17H2,1-3H3,(H2,16,19). The number of anilines is 1. The molecule has 1 aliphatic carbocycles. The van der Waals surface area contributed by atoms with Gasteiger partial charge in [-0.25, -0.2) is 0 Å². The van der Waals surface area contributed by atoms with E-state index in [1.807, 2.05) is 11.9 Å². The number of nitrogens with two attached hydrogens (primary N) is 2. The second kappa shape index (κ2) is 4.85. The van der Waals surface area contributed by atoms with Crippen LogP contribution in [0.4, 0.5) is 5.69 Å². The number of carbonyl (C=O) groups excluding carboxylic acids is 1. The Morgan fingerprint density at radius 2 is 2.05 bits per heavy atom. The van der Waals surface area contributed by atoms with Gasteiger partial charge >= 0.3 is 0 Å². The molecule has 1 aromatic carbocycles. The zero-order valence-corrected chi connectivity index (χ0v) is 11.9. The molecular weight excluding hydrogens is 238 g/mol. The summed E-state index contributed by atoms with van der Waals surface area (Å²) in [5, 5.41) is 0. The maximum atomic E-state index is 11.7. The molecule has 1 aromatic rings. The minimum atomic E-state index is -0.911. The molecular formula is C15H23N3O. The van der Waals surface area contributed by atoms with Crippen molar-refractivity contribution in [2.45, 2.75) is 32.2 Å². The first kappa shape index (κ1) is 13.9. The highest BCUT2D eigenvalue weighted by molar-refractivity contribution is 5.86. The number of hydrogen-bond acceptors (Lipinski definition) is 3. The lowest BCUT2D eigenvalue weighted by Crippen LogP contribution is -2.60. The van der Waals surface area contributed by atoms with Crippen LogP contribution in [0.1, 0.15) is 24.0 Å². The van der Waals surface area contributed by atoms with Gasteiger partial charge in [-0.15, -0.1) is 0 Å². The maximum absolute atomic E-state index is 11.7. The Kier molecular flexibility index (Phi) is 3.54. The van der Waals surface area contributed by atoms with E-state index in [0.29, 0.717) is 6.54 Å². The van der Waals surface area contributed by atoms with Gasteiger partial charge in [-0.3, -0.25) is 4.79 Å². The van der Waals surface area contributed by atoms with Crippen LogP contribution in [0.5, 0.6) is 0 Å². The number of primary amides is 1. The molecule has 0 aliphatic heterocycles. The van der Waals surface area contributed by atoms with Gasteiger partial charge in [-0.2, -0.15) is 0 Å². The molecule has 1 atom stereocenters. The Morgan fingerprint density at radius 1 is 1.42 bits per heavy atom. The Balaban J connectivity index is 2.19. The first-order valence-electron chi connectivity index (χ1n) is 6.72. The van der Waals surface area contributed by atoms with E-state index in [1.54, 1.807) is 0 Å². The molecule has 4 N–H and O–H groups in total. The van der Waals surface area contributed by atoms with Crippen molar-refractivity contribution in [3.63, 3.8) is 0 Å². The van der Waals surface area contributed by atoms with Crippen molar-refractivity contribution in [2.75, 3.05) is 18.5 Å². The summed E-state index contributed by atoms with van der Waals surface area (Å²) in [6, 6.07) is 6.27. The molecule has 0 saturated heterocycles. The van der Waals surface area contributed by atoms with Gasteiger partial charge in [0.25, 0.3) is 0 Å². The summed E-state index contributed by atoms with van der Waals surface area (Å²) in [6.45, 7) is 4.60. The molecule has 4 heteroatoms. The smallest absolute Gasteiger partial charge is 0.239 e. The maximum Gasteiger partial charge on any atom is 0.239 e. The summed E-state index contributed by atoms with van der Waals surface area (Å²) < 4.78 is 0. The third-order valence-corrected chi connectivity index (χ3v) is 4.03. The first-order chi connectivity index (χ1) is 8.84. The molecule has 0 bridgehead atoms. The molecule has 1 aliphatic rings. The van der Waals surface area contributed by atoms with Gasteiger partial charge in [0.1, 0.15) is 5.54 Å². The number of amides is 1. The average molecular weight is 261 g/mol. The lowest BCUT2D eigenvalue weighted by molar-refractivity contribution is -0.123. The van der Waals surface area contributed by atoms with E-state index in [4.69, 9.17) is 11.5 Å². The van der Waals surface area contributed by atoms with Crippen molar-refractivity contribution >= 4 is 11.6 Å². The number of hydrogen-bond donors (Lipinski definition) is 2. The van der Waals surface area contributed by atoms with E-state index >= 15 is 0 Å². The van der Waals surface area contributed by atoms with Gasteiger partial charge < -0.3 is 16.4 Å². The van der Waals surface area contributed by atoms with Crippen LogP contribution in [0.15, 0.2) is 18.2 Å². The molecule has 1 saturated carbocycles. The lowest BCUT2D eigenvalue weighted by atomic mass is 9.92. The molecule has 1 unspecified atom stereocenters. The van der Waals surface area contributed by atoms with Crippen molar-refractivity contribution in [2.24, 2.45) is 17.4 Å². The minimum absolute atomic E-state index is 0.234. The molecule has 0 spiro atoms. The highest BCUT2D eigenvalue weighted by Crippen LogP contribution is 2.39. The quantitative estimate of drug-likeness (QED) is 0.840. The van der Waals surface area contributed by atoms with Crippen LogP contribution in [-0.2, 0) is 4.79 Å². The Hall–Kier alpha value is -1.55. The summed E-state index contributed by atoms with van der Waals surface area (Å²) >= 11 is 0. The zero-order valence-electron chi connectivity index (χ0n) is 11.9. The Bertz CT molecular complexity index is 496. The third kappa shape index (κ3) is 2.73. The summed E-state index contributed by atoms with van der Waals surface area (Å²) in [4.78, 5) is 13.7. The zero-order chi connectivity index (χ0) is 14.2. The van der Waals surface area contributed by atoms with Gasteiger partial charge in [0.05, 0.1) is 0 Å². The van der Waals surface area contributed by atoms with Crippen molar-refractivity contribution in [3.8, 4) is 0 Å². The highest BCUT2D eigenvalue weighted by atomic mass is 16.1. The molecule has 0 heterocycles. The van der Waals surface area contributed by atoms with E-state index in [0.717, 1.165) is 18.5 Å². The van der Waals surface area contributed by atoms with E-state index < -0.39 is 11.4 Å². The number of rotatable bonds is 5. The van der Waals surface area contributed by atoms with Crippen molar-refractivity contribution < 1.29 is 4.79 Å². The summed E-state index contributed by atoms with van der Waals surface area (Å²) in [6.07, 6.45) is 2.00. The van der Waals surface area contributed by atoms with Crippen molar-refractivity contribution in [3.05, 3.63) is 29.3 Å². The fourth-order valence-corrected chi connectivity index (χ4v) is 2.72. The van der Waals surface area contributed by atoms with Crippen LogP contribution in [0.3, 0.4) is 0 Å². The van der Waals surface area contributed by atoms with Crippen LogP contribution in [0, 0.1) is 19.8 Å². The van der Waals surface area contributed by atoms with Gasteiger partial charge in [0.15, 0.2) is 0 Å². The van der Waals surface area contributed by atoms with Gasteiger partial charge in [0.2, 0.25) is 5.91 Å². The number of likely N-dealkylation sites (N-methyl/N-ethyl adjacent to an activating group) is 1. The predicted octanol–water partition coefficient (Wildman–Crippen LogP) is 1.33. The number of aryl methyl sites for hydroxylation is 2. The van der Waals surface area contributed by atoms with Crippen molar-refractivity contribution in [1.29, 1.82) is 0 Å². The van der Waals surface area contributed by atoms with Gasteiger partial charge in [-0.1, -0.05) is 17.7 Å². The molecule has 0 radical (unpaired) electrons. The van der Waals surface area contributed by atoms with E-state index in [-0.39, 0.29) is 5.92 Å². The number of benzene rings is 1. The molecule has 0 aromatic heterocycles. The van der Waals surface area contributed by atoms with Crippen LogP contribution in [-0.4, -0.2) is 25.0 Å². The summed E-state index contributed by atoms with van der Waals surface area (Å²) in [7, 11) is 1.96. The van der Waals surface area contributed by atoms with Crippen LogP contribution in [0.25, 0.3) is 0 Å². The van der Waals surface area contributed by atoms with Gasteiger partial charge in [-0.05, 0) is 44.2 Å². The normalized spacial score (nSPS) is 17.9. The van der Waals surface area contributed by atoms with Crippen LogP contribution < -0.4 is 16.4 Å². The molecule has 4 nitrogen and oxygen atoms in total. The second-order valence-electron chi connectivity index (χ2n) is 5.82. The Labute approximate surface area is 114 Å². The summed E-state index contributed by atoms with van der Waals surface area (Å²) in [5.41, 5.74) is 14.4. The topological polar surface area (TPSA) is 72.3 Å². The highest BCUT2D eigenvalue weighted by Gasteiger charge is 2.47. The fraction of sp³-hybridized carbons (Fsp3) is 0.533. The van der Waals surface area contributed by atoms with Crippen molar-refractivity contribution in [1.82, 2.24) is 0 Å². The number of nitrogens with zero attached hydrogens (tertiary/aromatic N) is 1. The average Bonchev–Trinajstić information content (AvgIpc) is 3.11. The van der Waals surface area contributed by atoms with E-state index in [2.05, 4.69) is 32.0 Å². The second-order valence-corrected chi connectivity index (χ2v) is 5.82. The monoisotopic (exact) mass is 261 g/mol. The molecule has 19 heavy (non-hydrogen) atoms. The molecule has 2 rings (SSSR count). The number of carbonyl (C=O) groups is 1. The predicted molar refractivity (Wildman–Crippen MR) is 78.0 cm³/mol.